The van der Waals surface area contributed by atoms with Gasteiger partial charge in [0.25, 0.3) is 0 Å². The maximum absolute atomic E-state index is 12.7. The Morgan fingerprint density at radius 1 is 0.957 bits per heavy atom. The summed E-state index contributed by atoms with van der Waals surface area (Å²) in [6.07, 6.45) is 2.44. The fraction of sp³-hybridized carbons (Fsp3) is 0.211. The van der Waals surface area contributed by atoms with E-state index < -0.39 is 0 Å². The van der Waals surface area contributed by atoms with Crippen molar-refractivity contribution in [3.05, 3.63) is 58.7 Å². The quantitative estimate of drug-likeness (QED) is 0.810. The second-order valence-electron chi connectivity index (χ2n) is 5.26. The third-order valence-corrected chi connectivity index (χ3v) is 3.98. The van der Waals surface area contributed by atoms with Crippen molar-refractivity contribution in [1.29, 1.82) is 0 Å². The zero-order chi connectivity index (χ0) is 16.4. The van der Waals surface area contributed by atoms with Crippen LogP contribution >= 0.6 is 0 Å². The van der Waals surface area contributed by atoms with Gasteiger partial charge >= 0.3 is 0 Å². The van der Waals surface area contributed by atoms with Gasteiger partial charge in [-0.15, -0.1) is 0 Å². The van der Waals surface area contributed by atoms with Crippen molar-refractivity contribution in [2.75, 3.05) is 21.3 Å². The molecule has 0 saturated heterocycles. The Hall–Kier alpha value is -2.75. The number of methoxy groups -OCH3 is 3. The summed E-state index contributed by atoms with van der Waals surface area (Å²) in [5.74, 6) is 1.58. The summed E-state index contributed by atoms with van der Waals surface area (Å²) in [6, 6.07) is 11.5. The van der Waals surface area contributed by atoms with Crippen LogP contribution in [0.4, 0.5) is 0 Å². The van der Waals surface area contributed by atoms with Crippen LogP contribution in [0.5, 0.6) is 17.2 Å². The summed E-state index contributed by atoms with van der Waals surface area (Å²) in [5.41, 5.74) is 3.19. The van der Waals surface area contributed by atoms with E-state index >= 15 is 0 Å². The maximum Gasteiger partial charge on any atom is 0.203 e. The molecule has 0 aliphatic heterocycles. The Morgan fingerprint density at radius 3 is 2.26 bits per heavy atom. The van der Waals surface area contributed by atoms with Crippen LogP contribution in [0.25, 0.3) is 6.08 Å². The van der Waals surface area contributed by atoms with Crippen molar-refractivity contribution in [3.63, 3.8) is 0 Å². The molecular formula is C19H18O4. The number of Topliss-reactive ketones (excluding diaryl/α,β-unsaturated/α-hetero) is 1. The molecule has 3 rings (SSSR count). The Bertz CT molecular complexity index is 776. The normalized spacial score (nSPS) is 14.7. The lowest BCUT2D eigenvalue weighted by Crippen LogP contribution is -2.00. The van der Waals surface area contributed by atoms with Crippen LogP contribution in [0.3, 0.4) is 0 Å². The summed E-state index contributed by atoms with van der Waals surface area (Å²) in [4.78, 5) is 12.7. The molecule has 2 aromatic rings. The smallest absolute Gasteiger partial charge is 0.203 e. The van der Waals surface area contributed by atoms with Gasteiger partial charge in [0, 0.05) is 23.1 Å². The average Bonchev–Trinajstić information content (AvgIpc) is 2.89. The predicted molar refractivity (Wildman–Crippen MR) is 88.6 cm³/mol. The highest BCUT2D eigenvalue weighted by Crippen LogP contribution is 2.46. The number of carbonyl (C=O) groups excluding carboxylic acids is 1. The molecule has 0 heterocycles. The van der Waals surface area contributed by atoms with E-state index in [9.17, 15) is 4.79 Å². The Balaban J connectivity index is 2.11. The highest BCUT2D eigenvalue weighted by molar-refractivity contribution is 6.16. The molecule has 0 amide bonds. The van der Waals surface area contributed by atoms with Crippen LogP contribution in [-0.2, 0) is 6.42 Å². The second kappa shape index (κ2) is 6.16. The summed E-state index contributed by atoms with van der Waals surface area (Å²) in [6.45, 7) is 0. The van der Waals surface area contributed by atoms with Crippen LogP contribution in [-0.4, -0.2) is 27.1 Å². The summed E-state index contributed by atoms with van der Waals surface area (Å²) >= 11 is 0. The van der Waals surface area contributed by atoms with Crippen LogP contribution in [0.15, 0.2) is 42.0 Å². The van der Waals surface area contributed by atoms with Crippen molar-refractivity contribution >= 4 is 11.9 Å². The molecule has 0 fully saturated rings. The summed E-state index contributed by atoms with van der Waals surface area (Å²) in [7, 11) is 4.68. The van der Waals surface area contributed by atoms with Crippen LogP contribution < -0.4 is 14.2 Å². The minimum absolute atomic E-state index is 0.00288. The van der Waals surface area contributed by atoms with Gasteiger partial charge in [0.15, 0.2) is 17.3 Å². The average molecular weight is 310 g/mol. The van der Waals surface area contributed by atoms with Gasteiger partial charge in [-0.3, -0.25) is 4.79 Å². The molecule has 2 aromatic carbocycles. The highest BCUT2D eigenvalue weighted by atomic mass is 16.5. The van der Waals surface area contributed by atoms with E-state index in [1.165, 1.54) is 0 Å². The molecule has 0 spiro atoms. The third-order valence-electron chi connectivity index (χ3n) is 3.98. The first-order valence-electron chi connectivity index (χ1n) is 7.31. The molecule has 4 nitrogen and oxygen atoms in total. The fourth-order valence-corrected chi connectivity index (χ4v) is 2.90. The van der Waals surface area contributed by atoms with E-state index in [2.05, 4.69) is 0 Å². The van der Waals surface area contributed by atoms with Gasteiger partial charge in [0.1, 0.15) is 0 Å². The lowest BCUT2D eigenvalue weighted by Gasteiger charge is -2.15. The number of rotatable bonds is 4. The topological polar surface area (TPSA) is 44.8 Å². The number of carbonyl (C=O) groups is 1. The van der Waals surface area contributed by atoms with Gasteiger partial charge in [-0.25, -0.2) is 0 Å². The molecule has 0 bridgehead atoms. The highest BCUT2D eigenvalue weighted by Gasteiger charge is 2.32. The van der Waals surface area contributed by atoms with Gasteiger partial charge in [-0.05, 0) is 17.7 Å². The molecule has 0 atom stereocenters. The number of ether oxygens (including phenoxy) is 3. The SMILES string of the molecule is COc1cc2c(c(OC)c1OC)C/C(=C/c1ccccc1)C2=O. The fourth-order valence-electron chi connectivity index (χ4n) is 2.90. The number of ketones is 1. The molecule has 0 radical (unpaired) electrons. The van der Waals surface area contributed by atoms with Crippen molar-refractivity contribution in [3.8, 4) is 17.2 Å². The Morgan fingerprint density at radius 2 is 1.65 bits per heavy atom. The number of hydrogen-bond donors (Lipinski definition) is 0. The third kappa shape index (κ3) is 2.57. The first-order chi connectivity index (χ1) is 11.2. The predicted octanol–water partition coefficient (Wildman–Crippen LogP) is 3.53. The van der Waals surface area contributed by atoms with Gasteiger partial charge in [0.05, 0.1) is 21.3 Å². The van der Waals surface area contributed by atoms with Crippen LogP contribution in [0.2, 0.25) is 0 Å². The minimum Gasteiger partial charge on any atom is -0.493 e. The van der Waals surface area contributed by atoms with E-state index in [4.69, 9.17) is 14.2 Å². The molecule has 118 valence electrons. The molecule has 0 N–H and O–H groups in total. The molecule has 23 heavy (non-hydrogen) atoms. The minimum atomic E-state index is 0.00288. The molecule has 4 heteroatoms. The zero-order valence-electron chi connectivity index (χ0n) is 13.4. The van der Waals surface area contributed by atoms with Crippen molar-refractivity contribution in [2.24, 2.45) is 0 Å². The second-order valence-corrected chi connectivity index (χ2v) is 5.26. The standard InChI is InChI=1S/C19H18O4/c1-21-16-11-14-15(18(22-2)19(16)23-3)10-13(17(14)20)9-12-7-5-4-6-8-12/h4-9,11H,10H2,1-3H3/b13-9-. The monoisotopic (exact) mass is 310 g/mol. The molecule has 0 unspecified atom stereocenters. The van der Waals surface area contributed by atoms with Crippen molar-refractivity contribution in [2.45, 2.75) is 6.42 Å². The number of allylic oxidation sites excluding steroid dienone is 1. The van der Waals surface area contributed by atoms with Gasteiger partial charge < -0.3 is 14.2 Å². The van der Waals surface area contributed by atoms with Crippen LogP contribution in [0.1, 0.15) is 21.5 Å². The first kappa shape index (κ1) is 15.2. The first-order valence-corrected chi connectivity index (χ1v) is 7.31. The van der Waals surface area contributed by atoms with Crippen molar-refractivity contribution < 1.29 is 19.0 Å². The Labute approximate surface area is 135 Å². The van der Waals surface area contributed by atoms with Gasteiger partial charge in [0.2, 0.25) is 5.75 Å². The molecule has 0 aromatic heterocycles. The van der Waals surface area contributed by atoms with Crippen LogP contribution in [0, 0.1) is 0 Å². The maximum atomic E-state index is 12.7. The van der Waals surface area contributed by atoms with E-state index in [-0.39, 0.29) is 5.78 Å². The Kier molecular flexibility index (Phi) is 4.06. The number of fused-ring (bicyclic) bond motifs is 1. The lowest BCUT2D eigenvalue weighted by atomic mass is 10.1. The van der Waals surface area contributed by atoms with Crippen molar-refractivity contribution in [1.82, 2.24) is 0 Å². The largest absolute Gasteiger partial charge is 0.493 e. The molecule has 0 saturated carbocycles. The van der Waals surface area contributed by atoms with Gasteiger partial charge in [-0.2, -0.15) is 0 Å². The number of benzene rings is 2. The molecular weight excluding hydrogens is 292 g/mol. The molecule has 1 aliphatic rings. The summed E-state index contributed by atoms with van der Waals surface area (Å²) in [5, 5.41) is 0. The number of hydrogen-bond acceptors (Lipinski definition) is 4. The zero-order valence-corrected chi connectivity index (χ0v) is 13.4. The molecule has 1 aliphatic carbocycles. The van der Waals surface area contributed by atoms with Gasteiger partial charge in [-0.1, -0.05) is 30.3 Å². The van der Waals surface area contributed by atoms with E-state index in [1.807, 2.05) is 36.4 Å². The van der Waals surface area contributed by atoms with E-state index in [0.717, 1.165) is 16.7 Å². The van der Waals surface area contributed by atoms with E-state index in [0.29, 0.717) is 29.2 Å². The lowest BCUT2D eigenvalue weighted by molar-refractivity contribution is 0.104. The van der Waals surface area contributed by atoms with E-state index in [1.54, 1.807) is 27.4 Å². The summed E-state index contributed by atoms with van der Waals surface area (Å²) < 4.78 is 16.2.